The molecule has 0 aromatic carbocycles. The van der Waals surface area contributed by atoms with Crippen LogP contribution in [0.4, 0.5) is 10.1 Å². The lowest BCUT2D eigenvalue weighted by atomic mass is 10.4. The summed E-state index contributed by atoms with van der Waals surface area (Å²) in [7, 11) is 1.41. The normalized spacial score (nSPS) is 9.40. The van der Waals surface area contributed by atoms with E-state index in [9.17, 15) is 4.39 Å². The third-order valence-corrected chi connectivity index (χ3v) is 1.06. The minimum absolute atomic E-state index is 0.0285. The first-order chi connectivity index (χ1) is 4.74. The standard InChI is InChI=1S/C6H7FN2O/c1-10-5-3-2-4(8)6(7)9-5/h2-3H,8H2,1H3. The molecule has 2 N–H and O–H groups in total. The number of hydrogen-bond acceptors (Lipinski definition) is 3. The first-order valence-electron chi connectivity index (χ1n) is 2.70. The van der Waals surface area contributed by atoms with Crippen molar-refractivity contribution in [3.63, 3.8) is 0 Å². The molecular weight excluding hydrogens is 135 g/mol. The van der Waals surface area contributed by atoms with Crippen LogP contribution in [0.25, 0.3) is 0 Å². The van der Waals surface area contributed by atoms with Crippen LogP contribution < -0.4 is 10.5 Å². The van der Waals surface area contributed by atoms with Crippen molar-refractivity contribution in [2.75, 3.05) is 12.8 Å². The number of rotatable bonds is 1. The Kier molecular flexibility index (Phi) is 1.71. The highest BCUT2D eigenvalue weighted by molar-refractivity contribution is 5.37. The number of nitrogens with zero attached hydrogens (tertiary/aromatic N) is 1. The highest BCUT2D eigenvalue weighted by Crippen LogP contribution is 2.11. The number of nitrogens with two attached hydrogens (primary N) is 1. The molecule has 1 aromatic heterocycles. The molecule has 0 bridgehead atoms. The van der Waals surface area contributed by atoms with Gasteiger partial charge >= 0.3 is 0 Å². The fraction of sp³-hybridized carbons (Fsp3) is 0.167. The second-order valence-corrected chi connectivity index (χ2v) is 1.73. The zero-order valence-corrected chi connectivity index (χ0v) is 5.47. The molecule has 3 nitrogen and oxygen atoms in total. The van der Waals surface area contributed by atoms with Crippen molar-refractivity contribution >= 4 is 5.69 Å². The summed E-state index contributed by atoms with van der Waals surface area (Å²) < 4.78 is 17.1. The molecule has 0 atom stereocenters. The Bertz CT molecular complexity index is 239. The lowest BCUT2D eigenvalue weighted by molar-refractivity contribution is 0.388. The SMILES string of the molecule is COc1ccc(N)c(F)n1. The van der Waals surface area contributed by atoms with Gasteiger partial charge in [-0.25, -0.2) is 0 Å². The quantitative estimate of drug-likeness (QED) is 0.590. The average molecular weight is 142 g/mol. The number of aromatic nitrogens is 1. The summed E-state index contributed by atoms with van der Waals surface area (Å²) in [5, 5.41) is 0. The molecule has 0 radical (unpaired) electrons. The van der Waals surface area contributed by atoms with E-state index >= 15 is 0 Å². The smallest absolute Gasteiger partial charge is 0.239 e. The maximum Gasteiger partial charge on any atom is 0.239 e. The van der Waals surface area contributed by atoms with Crippen molar-refractivity contribution < 1.29 is 9.13 Å². The highest BCUT2D eigenvalue weighted by Gasteiger charge is 1.99. The molecule has 4 heteroatoms. The van der Waals surface area contributed by atoms with Crippen LogP contribution in [-0.4, -0.2) is 12.1 Å². The summed E-state index contributed by atoms with van der Waals surface area (Å²) in [5.74, 6) is -0.467. The van der Waals surface area contributed by atoms with Crippen LogP contribution in [0.1, 0.15) is 0 Å². The Hall–Kier alpha value is -1.32. The van der Waals surface area contributed by atoms with E-state index in [1.807, 2.05) is 0 Å². The molecule has 0 aliphatic heterocycles. The number of nitrogen functional groups attached to an aromatic ring is 1. The van der Waals surface area contributed by atoms with Crippen molar-refractivity contribution in [3.05, 3.63) is 18.1 Å². The molecule has 10 heavy (non-hydrogen) atoms. The van der Waals surface area contributed by atoms with Crippen molar-refractivity contribution in [2.24, 2.45) is 0 Å². The zero-order valence-electron chi connectivity index (χ0n) is 5.47. The predicted molar refractivity (Wildman–Crippen MR) is 35.2 cm³/mol. The molecule has 1 rings (SSSR count). The fourth-order valence-corrected chi connectivity index (χ4v) is 0.542. The summed E-state index contributed by atoms with van der Waals surface area (Å²) in [6.07, 6.45) is 0. The molecule has 1 heterocycles. The minimum Gasteiger partial charge on any atom is -0.481 e. The largest absolute Gasteiger partial charge is 0.481 e. The Balaban J connectivity index is 3.04. The third-order valence-electron chi connectivity index (χ3n) is 1.06. The van der Waals surface area contributed by atoms with Crippen LogP contribution in [-0.2, 0) is 0 Å². The summed E-state index contributed by atoms with van der Waals surface area (Å²) in [6, 6.07) is 2.90. The van der Waals surface area contributed by atoms with E-state index in [4.69, 9.17) is 5.73 Å². The topological polar surface area (TPSA) is 48.1 Å². The van der Waals surface area contributed by atoms with E-state index in [0.29, 0.717) is 0 Å². The van der Waals surface area contributed by atoms with Gasteiger partial charge in [0.2, 0.25) is 11.8 Å². The van der Waals surface area contributed by atoms with Crippen LogP contribution in [0.3, 0.4) is 0 Å². The van der Waals surface area contributed by atoms with E-state index in [2.05, 4.69) is 9.72 Å². The number of hydrogen-bond donors (Lipinski definition) is 1. The van der Waals surface area contributed by atoms with Crippen molar-refractivity contribution in [1.82, 2.24) is 4.98 Å². The first kappa shape index (κ1) is 6.80. The molecule has 0 saturated carbocycles. The molecule has 54 valence electrons. The maximum absolute atomic E-state index is 12.5. The van der Waals surface area contributed by atoms with Crippen molar-refractivity contribution in [2.45, 2.75) is 0 Å². The molecule has 0 saturated heterocycles. The van der Waals surface area contributed by atoms with Crippen LogP contribution in [0.2, 0.25) is 0 Å². The van der Waals surface area contributed by atoms with E-state index in [-0.39, 0.29) is 11.6 Å². The molecule has 0 fully saturated rings. The zero-order chi connectivity index (χ0) is 7.56. The monoisotopic (exact) mass is 142 g/mol. The van der Waals surface area contributed by atoms with Gasteiger partial charge in [-0.05, 0) is 6.07 Å². The second-order valence-electron chi connectivity index (χ2n) is 1.73. The number of pyridine rings is 1. The van der Waals surface area contributed by atoms with Gasteiger partial charge < -0.3 is 10.5 Å². The molecule has 0 amide bonds. The van der Waals surface area contributed by atoms with Crippen LogP contribution in [0.15, 0.2) is 12.1 Å². The molecular formula is C6H7FN2O. The Morgan fingerprint density at radius 3 is 2.80 bits per heavy atom. The van der Waals surface area contributed by atoms with Gasteiger partial charge in [0.15, 0.2) is 0 Å². The number of ether oxygens (including phenoxy) is 1. The second kappa shape index (κ2) is 2.51. The molecule has 1 aromatic rings. The highest BCUT2D eigenvalue weighted by atomic mass is 19.1. The number of halogens is 1. The predicted octanol–water partition coefficient (Wildman–Crippen LogP) is 0.811. The van der Waals surface area contributed by atoms with Crippen LogP contribution in [0, 0.1) is 5.95 Å². The summed E-state index contributed by atoms with van der Waals surface area (Å²) in [5.41, 5.74) is 5.18. The molecule has 0 aliphatic rings. The molecule has 0 aliphatic carbocycles. The lowest BCUT2D eigenvalue weighted by Gasteiger charge is -1.98. The van der Waals surface area contributed by atoms with Crippen LogP contribution >= 0.6 is 0 Å². The Morgan fingerprint density at radius 2 is 2.30 bits per heavy atom. The number of anilines is 1. The fourth-order valence-electron chi connectivity index (χ4n) is 0.542. The Morgan fingerprint density at radius 1 is 1.60 bits per heavy atom. The van der Waals surface area contributed by atoms with E-state index < -0.39 is 5.95 Å². The summed E-state index contributed by atoms with van der Waals surface area (Å²) in [4.78, 5) is 3.38. The van der Waals surface area contributed by atoms with Gasteiger partial charge in [-0.1, -0.05) is 0 Å². The van der Waals surface area contributed by atoms with Gasteiger partial charge in [0.25, 0.3) is 0 Å². The first-order valence-corrected chi connectivity index (χ1v) is 2.70. The van der Waals surface area contributed by atoms with Crippen molar-refractivity contribution in [1.29, 1.82) is 0 Å². The van der Waals surface area contributed by atoms with Gasteiger partial charge in [0.05, 0.1) is 12.8 Å². The van der Waals surface area contributed by atoms with E-state index in [0.717, 1.165) is 0 Å². The van der Waals surface area contributed by atoms with Gasteiger partial charge in [-0.3, -0.25) is 0 Å². The molecule has 0 unspecified atom stereocenters. The lowest BCUT2D eigenvalue weighted by Crippen LogP contribution is -1.95. The molecule has 0 spiro atoms. The van der Waals surface area contributed by atoms with E-state index in [1.54, 1.807) is 0 Å². The van der Waals surface area contributed by atoms with Gasteiger partial charge in [-0.15, -0.1) is 0 Å². The third kappa shape index (κ3) is 1.15. The minimum atomic E-state index is -0.695. The maximum atomic E-state index is 12.5. The van der Waals surface area contributed by atoms with Gasteiger partial charge in [-0.2, -0.15) is 9.37 Å². The van der Waals surface area contributed by atoms with Gasteiger partial charge in [0.1, 0.15) is 0 Å². The summed E-state index contributed by atoms with van der Waals surface area (Å²) >= 11 is 0. The average Bonchev–Trinajstić information content (AvgIpc) is 1.95. The van der Waals surface area contributed by atoms with Crippen LogP contribution in [0.5, 0.6) is 5.88 Å². The van der Waals surface area contributed by atoms with E-state index in [1.165, 1.54) is 19.2 Å². The number of methoxy groups -OCH3 is 1. The van der Waals surface area contributed by atoms with Crippen molar-refractivity contribution in [3.8, 4) is 5.88 Å². The Labute approximate surface area is 57.6 Å². The summed E-state index contributed by atoms with van der Waals surface area (Å²) in [6.45, 7) is 0. The van der Waals surface area contributed by atoms with Gasteiger partial charge in [0, 0.05) is 6.07 Å².